The van der Waals surface area contributed by atoms with Crippen LogP contribution in [0.5, 0.6) is 0 Å². The average Bonchev–Trinajstić information content (AvgIpc) is 3.12. The summed E-state index contributed by atoms with van der Waals surface area (Å²) in [5.41, 5.74) is 2.27. The largest absolute Gasteiger partial charge is 0.453 e. The molecule has 0 saturated carbocycles. The first-order valence-corrected chi connectivity index (χ1v) is 8.56. The fourth-order valence-electron chi connectivity index (χ4n) is 2.16. The van der Waals surface area contributed by atoms with Crippen LogP contribution in [-0.2, 0) is 9.53 Å². The third-order valence-corrected chi connectivity index (χ3v) is 4.66. The second-order valence-corrected chi connectivity index (χ2v) is 6.57. The van der Waals surface area contributed by atoms with E-state index in [1.54, 1.807) is 37.4 Å². The molecule has 3 aromatic rings. The number of aromatic nitrogens is 3. The number of nitrogens with zero attached hydrogens (tertiary/aromatic N) is 3. The Bertz CT molecular complexity index is 850. The van der Waals surface area contributed by atoms with E-state index in [4.69, 9.17) is 4.74 Å². The van der Waals surface area contributed by atoms with Crippen molar-refractivity contribution in [2.24, 2.45) is 0 Å². The Morgan fingerprint density at radius 1 is 1.16 bits per heavy atom. The molecule has 6 nitrogen and oxygen atoms in total. The van der Waals surface area contributed by atoms with Gasteiger partial charge in [0.1, 0.15) is 5.69 Å². The van der Waals surface area contributed by atoms with Crippen LogP contribution >= 0.6 is 11.3 Å². The van der Waals surface area contributed by atoms with E-state index in [0.717, 1.165) is 11.3 Å². The zero-order chi connectivity index (χ0) is 17.8. The van der Waals surface area contributed by atoms with Gasteiger partial charge >= 0.3 is 5.97 Å². The van der Waals surface area contributed by atoms with E-state index >= 15 is 0 Å². The summed E-state index contributed by atoms with van der Waals surface area (Å²) in [5, 5.41) is 19.4. The Morgan fingerprint density at radius 2 is 1.92 bits per heavy atom. The van der Waals surface area contributed by atoms with Gasteiger partial charge in [-0.3, -0.25) is 4.98 Å². The lowest BCUT2D eigenvalue weighted by Gasteiger charge is -2.14. The molecular formula is C18H17N3O3S. The van der Waals surface area contributed by atoms with E-state index in [0.29, 0.717) is 15.6 Å². The van der Waals surface area contributed by atoms with Crippen molar-refractivity contribution >= 4 is 17.3 Å². The van der Waals surface area contributed by atoms with Crippen LogP contribution in [0.2, 0.25) is 0 Å². The molecule has 2 aromatic heterocycles. The normalized spacial score (nSPS) is 13.2. The van der Waals surface area contributed by atoms with Crippen LogP contribution in [-0.4, -0.2) is 26.3 Å². The van der Waals surface area contributed by atoms with Crippen LogP contribution in [0.15, 0.2) is 48.7 Å². The summed E-state index contributed by atoms with van der Waals surface area (Å²) in [6, 6.07) is 12.5. The SMILES string of the molecule is Cc1ccc(-c2nnc([C@H](C)OC(=O)[C@@H](O)c3ccccc3)s2)nc1. The lowest BCUT2D eigenvalue weighted by Crippen LogP contribution is -2.17. The molecule has 0 amide bonds. The minimum absolute atomic E-state index is 0.488. The number of ether oxygens (including phenoxy) is 1. The van der Waals surface area contributed by atoms with Gasteiger partial charge in [0.15, 0.2) is 22.2 Å². The zero-order valence-corrected chi connectivity index (χ0v) is 14.6. The first-order chi connectivity index (χ1) is 12.0. The highest BCUT2D eigenvalue weighted by Crippen LogP contribution is 2.28. The van der Waals surface area contributed by atoms with Gasteiger partial charge in [-0.1, -0.05) is 47.7 Å². The van der Waals surface area contributed by atoms with E-state index in [1.165, 1.54) is 11.3 Å². The van der Waals surface area contributed by atoms with Crippen molar-refractivity contribution in [2.45, 2.75) is 26.1 Å². The molecule has 2 heterocycles. The molecule has 0 aliphatic rings. The van der Waals surface area contributed by atoms with Crippen molar-refractivity contribution in [3.63, 3.8) is 0 Å². The third-order valence-electron chi connectivity index (χ3n) is 3.55. The zero-order valence-electron chi connectivity index (χ0n) is 13.8. The summed E-state index contributed by atoms with van der Waals surface area (Å²) >= 11 is 1.31. The second-order valence-electron chi connectivity index (χ2n) is 5.56. The van der Waals surface area contributed by atoms with Gasteiger partial charge in [-0.2, -0.15) is 0 Å². The fraction of sp³-hybridized carbons (Fsp3) is 0.222. The highest BCUT2D eigenvalue weighted by atomic mass is 32.1. The highest BCUT2D eigenvalue weighted by molar-refractivity contribution is 7.14. The van der Waals surface area contributed by atoms with Crippen molar-refractivity contribution in [1.29, 1.82) is 0 Å². The van der Waals surface area contributed by atoms with Crippen LogP contribution < -0.4 is 0 Å². The third kappa shape index (κ3) is 4.07. The molecule has 0 spiro atoms. The van der Waals surface area contributed by atoms with E-state index in [-0.39, 0.29) is 0 Å². The number of carbonyl (C=O) groups excluding carboxylic acids is 1. The quantitative estimate of drug-likeness (QED) is 0.707. The van der Waals surface area contributed by atoms with Gasteiger partial charge in [0.25, 0.3) is 0 Å². The summed E-state index contributed by atoms with van der Waals surface area (Å²) in [7, 11) is 0. The first kappa shape index (κ1) is 17.2. The number of aliphatic hydroxyl groups is 1. The molecule has 7 heteroatoms. The summed E-state index contributed by atoms with van der Waals surface area (Å²) in [6.07, 6.45) is -0.173. The molecule has 0 saturated heterocycles. The van der Waals surface area contributed by atoms with Crippen LogP contribution in [0.4, 0.5) is 0 Å². The number of carbonyl (C=O) groups is 1. The number of benzene rings is 1. The van der Waals surface area contributed by atoms with Gasteiger partial charge < -0.3 is 9.84 Å². The van der Waals surface area contributed by atoms with Crippen molar-refractivity contribution in [1.82, 2.24) is 15.2 Å². The summed E-state index contributed by atoms with van der Waals surface area (Å²) in [4.78, 5) is 16.4. The number of esters is 1. The molecule has 0 radical (unpaired) electrons. The molecule has 0 bridgehead atoms. The molecule has 25 heavy (non-hydrogen) atoms. The van der Waals surface area contributed by atoms with Crippen molar-refractivity contribution in [2.75, 3.05) is 0 Å². The predicted octanol–water partition coefficient (Wildman–Crippen LogP) is 3.25. The molecule has 0 fully saturated rings. The van der Waals surface area contributed by atoms with Crippen LogP contribution in [0.1, 0.15) is 35.3 Å². The molecule has 0 aliphatic heterocycles. The van der Waals surface area contributed by atoms with Crippen LogP contribution in [0.25, 0.3) is 10.7 Å². The Balaban J connectivity index is 1.68. The number of hydrogen-bond acceptors (Lipinski definition) is 7. The molecule has 1 aromatic carbocycles. The molecule has 0 unspecified atom stereocenters. The Kier molecular flexibility index (Phi) is 5.16. The highest BCUT2D eigenvalue weighted by Gasteiger charge is 2.23. The van der Waals surface area contributed by atoms with E-state index < -0.39 is 18.2 Å². The Morgan fingerprint density at radius 3 is 2.60 bits per heavy atom. The average molecular weight is 355 g/mol. The van der Waals surface area contributed by atoms with Gasteiger partial charge in [0.2, 0.25) is 0 Å². The number of hydrogen-bond donors (Lipinski definition) is 1. The van der Waals surface area contributed by atoms with E-state index in [1.807, 2.05) is 25.1 Å². The Hall–Kier alpha value is -2.64. The topological polar surface area (TPSA) is 85.2 Å². The summed E-state index contributed by atoms with van der Waals surface area (Å²) in [6.45, 7) is 3.66. The van der Waals surface area contributed by atoms with Crippen LogP contribution in [0.3, 0.4) is 0 Å². The smallest absolute Gasteiger partial charge is 0.340 e. The minimum atomic E-state index is -1.32. The van der Waals surface area contributed by atoms with Crippen molar-refractivity contribution in [3.05, 3.63) is 64.8 Å². The van der Waals surface area contributed by atoms with Gasteiger partial charge in [-0.25, -0.2) is 4.79 Å². The molecule has 0 aliphatic carbocycles. The van der Waals surface area contributed by atoms with Gasteiger partial charge in [0, 0.05) is 6.20 Å². The number of pyridine rings is 1. The molecule has 128 valence electrons. The predicted molar refractivity (Wildman–Crippen MR) is 93.8 cm³/mol. The van der Waals surface area contributed by atoms with Gasteiger partial charge in [-0.05, 0) is 31.0 Å². The summed E-state index contributed by atoms with van der Waals surface area (Å²) < 4.78 is 5.32. The van der Waals surface area contributed by atoms with E-state index in [2.05, 4.69) is 15.2 Å². The Labute approximate surface area is 149 Å². The molecular weight excluding hydrogens is 338 g/mol. The standard InChI is InChI=1S/C18H17N3O3S/c1-11-8-9-14(19-10-11)17-21-20-16(25-17)12(2)24-18(23)15(22)13-6-4-3-5-7-13/h3-10,12,15,22H,1-2H3/t12-,15-/m0/s1. The maximum absolute atomic E-state index is 12.1. The minimum Gasteiger partial charge on any atom is -0.453 e. The maximum Gasteiger partial charge on any atom is 0.340 e. The van der Waals surface area contributed by atoms with Gasteiger partial charge in [-0.15, -0.1) is 10.2 Å². The molecule has 1 N–H and O–H groups in total. The number of aliphatic hydroxyl groups excluding tert-OH is 1. The number of rotatable bonds is 5. The van der Waals surface area contributed by atoms with Gasteiger partial charge in [0.05, 0.1) is 0 Å². The van der Waals surface area contributed by atoms with Crippen molar-refractivity contribution < 1.29 is 14.6 Å². The molecule has 3 rings (SSSR count). The second kappa shape index (κ2) is 7.50. The number of aryl methyl sites for hydroxylation is 1. The summed E-state index contributed by atoms with van der Waals surface area (Å²) in [5.74, 6) is -0.719. The van der Waals surface area contributed by atoms with Crippen LogP contribution in [0, 0.1) is 6.92 Å². The lowest BCUT2D eigenvalue weighted by molar-refractivity contribution is -0.159. The van der Waals surface area contributed by atoms with E-state index in [9.17, 15) is 9.90 Å². The molecule has 2 atom stereocenters. The fourth-order valence-corrected chi connectivity index (χ4v) is 2.96. The van der Waals surface area contributed by atoms with Crippen molar-refractivity contribution in [3.8, 4) is 10.7 Å². The maximum atomic E-state index is 12.1. The first-order valence-electron chi connectivity index (χ1n) is 7.74. The lowest BCUT2D eigenvalue weighted by atomic mass is 10.1. The monoisotopic (exact) mass is 355 g/mol.